The van der Waals surface area contributed by atoms with Crippen LogP contribution < -0.4 is 5.32 Å². The standard InChI is InChI=1S/C22H27N5O6/c1-2-27-19-16(11-24-27)18(25-13-5-3-12(4-6-13)20(28)29)15(10-23-19)17-9-22(33-26-17)7-14(8-22)32-21(30)31/h10-14H,2-9H2,1H3,(H,23,25)(H,28,29)(H,30,31). The second kappa shape index (κ2) is 8.20. The largest absolute Gasteiger partial charge is 0.506 e. The topological polar surface area (TPSA) is 148 Å². The number of aryl methyl sites for hydroxylation is 1. The lowest BCUT2D eigenvalue weighted by Gasteiger charge is -2.40. The maximum Gasteiger partial charge on any atom is 0.506 e. The van der Waals surface area contributed by atoms with Gasteiger partial charge in [0.1, 0.15) is 6.10 Å². The molecule has 0 saturated heterocycles. The average Bonchev–Trinajstić information content (AvgIpc) is 3.38. The zero-order valence-electron chi connectivity index (χ0n) is 18.4. The molecule has 33 heavy (non-hydrogen) atoms. The Bertz CT molecular complexity index is 1110. The minimum absolute atomic E-state index is 0.142. The first kappa shape index (κ1) is 21.5. The van der Waals surface area contributed by atoms with E-state index >= 15 is 0 Å². The Morgan fingerprint density at radius 2 is 2.00 bits per heavy atom. The highest BCUT2D eigenvalue weighted by molar-refractivity contribution is 6.10. The first-order valence-electron chi connectivity index (χ1n) is 11.4. The number of oxime groups is 1. The molecule has 2 aromatic rings. The van der Waals surface area contributed by atoms with Gasteiger partial charge in [0.15, 0.2) is 11.2 Å². The van der Waals surface area contributed by atoms with E-state index in [2.05, 4.69) is 20.6 Å². The molecule has 0 unspecified atom stereocenters. The molecule has 3 N–H and O–H groups in total. The first-order chi connectivity index (χ1) is 15.9. The second-order valence-electron chi connectivity index (χ2n) is 9.18. The van der Waals surface area contributed by atoms with Gasteiger partial charge in [-0.3, -0.25) is 4.79 Å². The summed E-state index contributed by atoms with van der Waals surface area (Å²) in [6, 6.07) is 0.142. The van der Waals surface area contributed by atoms with Crippen molar-refractivity contribution in [2.24, 2.45) is 11.1 Å². The smallest absolute Gasteiger partial charge is 0.481 e. The number of rotatable bonds is 6. The van der Waals surface area contributed by atoms with Crippen LogP contribution in [0.25, 0.3) is 11.0 Å². The highest BCUT2D eigenvalue weighted by Gasteiger charge is 2.53. The second-order valence-corrected chi connectivity index (χ2v) is 9.18. The van der Waals surface area contributed by atoms with Crippen LogP contribution in [0.2, 0.25) is 0 Å². The van der Waals surface area contributed by atoms with Crippen molar-refractivity contribution < 1.29 is 29.4 Å². The molecule has 11 heteroatoms. The van der Waals surface area contributed by atoms with Crippen LogP contribution in [-0.2, 0) is 20.9 Å². The summed E-state index contributed by atoms with van der Waals surface area (Å²) in [5, 5.41) is 31.5. The van der Waals surface area contributed by atoms with Gasteiger partial charge < -0.3 is 25.1 Å². The predicted octanol–water partition coefficient (Wildman–Crippen LogP) is 3.23. The van der Waals surface area contributed by atoms with Crippen molar-refractivity contribution in [1.82, 2.24) is 14.8 Å². The van der Waals surface area contributed by atoms with Crippen LogP contribution in [0.15, 0.2) is 17.5 Å². The van der Waals surface area contributed by atoms with E-state index in [0.717, 1.165) is 40.8 Å². The molecular formula is C22H27N5O6. The number of hydrogen-bond donors (Lipinski definition) is 3. The third-order valence-corrected chi connectivity index (χ3v) is 7.01. The maximum absolute atomic E-state index is 11.3. The third kappa shape index (κ3) is 3.96. The van der Waals surface area contributed by atoms with Crippen LogP contribution in [0.4, 0.5) is 10.5 Å². The molecule has 11 nitrogen and oxygen atoms in total. The van der Waals surface area contributed by atoms with Crippen LogP contribution in [0.5, 0.6) is 0 Å². The summed E-state index contributed by atoms with van der Waals surface area (Å²) in [4.78, 5) is 32.5. The SMILES string of the molecule is CCn1ncc2c(NC3CCC(C(=O)O)CC3)c(C3=NOC4(C3)CC(OC(=O)O)C4)cnc21. The quantitative estimate of drug-likeness (QED) is 0.556. The Balaban J connectivity index is 1.39. The molecule has 2 fully saturated rings. The van der Waals surface area contributed by atoms with Gasteiger partial charge in [-0.25, -0.2) is 14.5 Å². The molecule has 2 saturated carbocycles. The summed E-state index contributed by atoms with van der Waals surface area (Å²) in [6.45, 7) is 2.70. The molecule has 0 radical (unpaired) electrons. The van der Waals surface area contributed by atoms with E-state index in [4.69, 9.17) is 14.7 Å². The number of carboxylic acid groups (broad SMARTS) is 2. The Kier molecular flexibility index (Phi) is 5.34. The van der Waals surface area contributed by atoms with Crippen molar-refractivity contribution in [3.8, 4) is 0 Å². The third-order valence-electron chi connectivity index (χ3n) is 7.01. The molecule has 0 amide bonds. The fraction of sp³-hybridized carbons (Fsp3) is 0.591. The molecule has 3 heterocycles. The van der Waals surface area contributed by atoms with Crippen molar-refractivity contribution in [3.63, 3.8) is 0 Å². The molecule has 2 aliphatic carbocycles. The van der Waals surface area contributed by atoms with Crippen LogP contribution in [-0.4, -0.2) is 60.6 Å². The van der Waals surface area contributed by atoms with Gasteiger partial charge in [0.25, 0.3) is 0 Å². The number of hydrogen-bond acceptors (Lipinski definition) is 8. The minimum atomic E-state index is -1.28. The van der Waals surface area contributed by atoms with Crippen molar-refractivity contribution in [2.75, 3.05) is 5.32 Å². The summed E-state index contributed by atoms with van der Waals surface area (Å²) in [7, 11) is 0. The van der Waals surface area contributed by atoms with Crippen molar-refractivity contribution in [1.29, 1.82) is 0 Å². The number of aliphatic carboxylic acids is 1. The van der Waals surface area contributed by atoms with Crippen molar-refractivity contribution in [3.05, 3.63) is 18.0 Å². The molecule has 3 aliphatic rings. The Morgan fingerprint density at radius 1 is 1.24 bits per heavy atom. The fourth-order valence-corrected chi connectivity index (χ4v) is 5.20. The Morgan fingerprint density at radius 3 is 2.67 bits per heavy atom. The molecule has 0 atom stereocenters. The van der Waals surface area contributed by atoms with Gasteiger partial charge in [-0.2, -0.15) is 5.10 Å². The van der Waals surface area contributed by atoms with E-state index in [-0.39, 0.29) is 18.1 Å². The predicted molar refractivity (Wildman–Crippen MR) is 117 cm³/mol. The molecule has 1 spiro atoms. The summed E-state index contributed by atoms with van der Waals surface area (Å²) in [6.07, 6.45) is 6.23. The van der Waals surface area contributed by atoms with Crippen LogP contribution >= 0.6 is 0 Å². The van der Waals surface area contributed by atoms with Gasteiger partial charge in [-0.15, -0.1) is 0 Å². The summed E-state index contributed by atoms with van der Waals surface area (Å²) >= 11 is 0. The number of ether oxygens (including phenoxy) is 1. The number of nitrogens with one attached hydrogen (secondary N) is 1. The van der Waals surface area contributed by atoms with E-state index in [9.17, 15) is 14.7 Å². The molecule has 176 valence electrons. The number of anilines is 1. The van der Waals surface area contributed by atoms with Crippen molar-refractivity contribution >= 4 is 34.6 Å². The van der Waals surface area contributed by atoms with Gasteiger partial charge >= 0.3 is 12.1 Å². The minimum Gasteiger partial charge on any atom is -0.481 e. The molecule has 0 aromatic carbocycles. The lowest BCUT2D eigenvalue weighted by Crippen LogP contribution is -2.49. The zero-order valence-corrected chi connectivity index (χ0v) is 18.4. The summed E-state index contributed by atoms with van der Waals surface area (Å²) in [5.74, 6) is -1.01. The van der Waals surface area contributed by atoms with E-state index in [1.54, 1.807) is 12.4 Å². The van der Waals surface area contributed by atoms with E-state index in [1.807, 2.05) is 11.6 Å². The van der Waals surface area contributed by atoms with Gasteiger partial charge in [0.05, 0.1) is 28.9 Å². The van der Waals surface area contributed by atoms with Crippen LogP contribution in [0.3, 0.4) is 0 Å². The van der Waals surface area contributed by atoms with Crippen molar-refractivity contribution in [2.45, 2.75) is 76.2 Å². The molecule has 1 aliphatic heterocycles. The van der Waals surface area contributed by atoms with Crippen LogP contribution in [0.1, 0.15) is 57.4 Å². The van der Waals surface area contributed by atoms with Gasteiger partial charge in [-0.05, 0) is 32.6 Å². The fourth-order valence-electron chi connectivity index (χ4n) is 5.20. The van der Waals surface area contributed by atoms with E-state index in [0.29, 0.717) is 38.6 Å². The number of nitrogens with zero attached hydrogens (tertiary/aromatic N) is 4. The highest BCUT2D eigenvalue weighted by Crippen LogP contribution is 2.46. The summed E-state index contributed by atoms with van der Waals surface area (Å²) < 4.78 is 6.68. The number of carboxylic acids is 1. The average molecular weight is 457 g/mol. The molecular weight excluding hydrogens is 430 g/mol. The number of aromatic nitrogens is 3. The maximum atomic E-state index is 11.3. The van der Waals surface area contributed by atoms with E-state index < -0.39 is 17.7 Å². The first-order valence-corrected chi connectivity index (χ1v) is 11.4. The lowest BCUT2D eigenvalue weighted by atomic mass is 9.74. The molecule has 0 bridgehead atoms. The Hall–Kier alpha value is -3.37. The summed E-state index contributed by atoms with van der Waals surface area (Å²) in [5.41, 5.74) is 2.71. The normalized spacial score (nSPS) is 28.8. The number of pyridine rings is 1. The lowest BCUT2D eigenvalue weighted by molar-refractivity contribution is -0.144. The number of carbonyl (C=O) groups is 2. The van der Waals surface area contributed by atoms with Gasteiger partial charge in [0.2, 0.25) is 0 Å². The van der Waals surface area contributed by atoms with Gasteiger partial charge in [0, 0.05) is 43.6 Å². The number of fused-ring (bicyclic) bond motifs is 1. The molecule has 5 rings (SSSR count). The Labute approximate surface area is 189 Å². The van der Waals surface area contributed by atoms with Crippen LogP contribution in [0, 0.1) is 5.92 Å². The zero-order chi connectivity index (χ0) is 23.2. The highest BCUT2D eigenvalue weighted by atomic mass is 16.7. The molecule has 2 aromatic heterocycles. The monoisotopic (exact) mass is 457 g/mol. The van der Waals surface area contributed by atoms with Gasteiger partial charge in [-0.1, -0.05) is 5.16 Å². The van der Waals surface area contributed by atoms with E-state index in [1.165, 1.54) is 0 Å².